The van der Waals surface area contributed by atoms with Gasteiger partial charge in [-0.2, -0.15) is 0 Å². The molecule has 1 unspecified atom stereocenters. The minimum atomic E-state index is -0.987. The summed E-state index contributed by atoms with van der Waals surface area (Å²) < 4.78 is 0. The molecule has 0 aromatic heterocycles. The van der Waals surface area contributed by atoms with Gasteiger partial charge in [-0.05, 0) is 12.8 Å². The van der Waals surface area contributed by atoms with E-state index < -0.39 is 11.6 Å². The molecule has 8 heteroatoms. The Morgan fingerprint density at radius 2 is 2.15 bits per heavy atom. The van der Waals surface area contributed by atoms with Crippen molar-refractivity contribution in [3.8, 4) is 0 Å². The summed E-state index contributed by atoms with van der Waals surface area (Å²) in [5.74, 6) is -0.691. The molecule has 2 heterocycles. The SMILES string of the molecule is CC(=O)NCCC(=O)N1CCCC2(C1)NC(=O)NC2=O. The second-order valence-electron chi connectivity index (χ2n) is 5.14. The highest BCUT2D eigenvalue weighted by atomic mass is 16.2. The predicted octanol–water partition coefficient (Wildman–Crippen LogP) is -1.29. The number of nitrogens with one attached hydrogen (secondary N) is 3. The van der Waals surface area contributed by atoms with E-state index in [-0.39, 0.29) is 37.2 Å². The highest BCUT2D eigenvalue weighted by molar-refractivity contribution is 6.07. The third-order valence-electron chi connectivity index (χ3n) is 3.57. The molecule has 0 aromatic rings. The summed E-state index contributed by atoms with van der Waals surface area (Å²) in [5, 5.41) is 7.38. The number of imide groups is 1. The summed E-state index contributed by atoms with van der Waals surface area (Å²) >= 11 is 0. The Labute approximate surface area is 116 Å². The lowest BCUT2D eigenvalue weighted by molar-refractivity contribution is -0.136. The van der Waals surface area contributed by atoms with Crippen LogP contribution in [0.25, 0.3) is 0 Å². The number of urea groups is 1. The third kappa shape index (κ3) is 2.89. The average Bonchev–Trinajstić information content (AvgIpc) is 2.63. The zero-order chi connectivity index (χ0) is 14.8. The van der Waals surface area contributed by atoms with Crippen molar-refractivity contribution < 1.29 is 19.2 Å². The van der Waals surface area contributed by atoms with Crippen molar-refractivity contribution in [3.05, 3.63) is 0 Å². The van der Waals surface area contributed by atoms with Crippen LogP contribution in [0.2, 0.25) is 0 Å². The smallest absolute Gasteiger partial charge is 0.322 e. The number of carbonyl (C=O) groups excluding carboxylic acids is 4. The number of hydrogen-bond donors (Lipinski definition) is 3. The molecule has 8 nitrogen and oxygen atoms in total. The second-order valence-corrected chi connectivity index (χ2v) is 5.14. The van der Waals surface area contributed by atoms with Crippen LogP contribution in [0.3, 0.4) is 0 Å². The van der Waals surface area contributed by atoms with Gasteiger partial charge in [-0.15, -0.1) is 0 Å². The quantitative estimate of drug-likeness (QED) is 0.560. The number of rotatable bonds is 3. The van der Waals surface area contributed by atoms with Gasteiger partial charge in [0.05, 0.1) is 6.54 Å². The number of nitrogens with zero attached hydrogens (tertiary/aromatic N) is 1. The van der Waals surface area contributed by atoms with E-state index in [1.54, 1.807) is 4.90 Å². The van der Waals surface area contributed by atoms with Crippen molar-refractivity contribution in [2.75, 3.05) is 19.6 Å². The fourth-order valence-electron chi connectivity index (χ4n) is 2.59. The van der Waals surface area contributed by atoms with E-state index >= 15 is 0 Å². The molecule has 20 heavy (non-hydrogen) atoms. The Kier molecular flexibility index (Phi) is 3.91. The maximum absolute atomic E-state index is 12.0. The fourth-order valence-corrected chi connectivity index (χ4v) is 2.59. The third-order valence-corrected chi connectivity index (χ3v) is 3.57. The summed E-state index contributed by atoms with van der Waals surface area (Å²) in [4.78, 5) is 47.5. The zero-order valence-electron chi connectivity index (χ0n) is 11.3. The maximum atomic E-state index is 12.0. The summed E-state index contributed by atoms with van der Waals surface area (Å²) in [6.07, 6.45) is 1.37. The van der Waals surface area contributed by atoms with Crippen molar-refractivity contribution in [1.82, 2.24) is 20.9 Å². The molecule has 1 atom stereocenters. The average molecular weight is 282 g/mol. The highest BCUT2D eigenvalue weighted by Crippen LogP contribution is 2.24. The zero-order valence-corrected chi connectivity index (χ0v) is 11.3. The standard InChI is InChI=1S/C12H18N4O4/c1-8(17)13-5-3-9(18)16-6-2-4-12(7-16)10(19)14-11(20)15-12/h2-7H2,1H3,(H,13,17)(H2,14,15,19,20). The Morgan fingerprint density at radius 1 is 1.40 bits per heavy atom. The van der Waals surface area contributed by atoms with Crippen LogP contribution in [0, 0.1) is 0 Å². The summed E-state index contributed by atoms with van der Waals surface area (Å²) in [5.41, 5.74) is -0.987. The van der Waals surface area contributed by atoms with E-state index in [9.17, 15) is 19.2 Å². The molecule has 3 N–H and O–H groups in total. The van der Waals surface area contributed by atoms with Gasteiger partial charge in [-0.3, -0.25) is 19.7 Å². The second kappa shape index (κ2) is 5.48. The Morgan fingerprint density at radius 3 is 2.75 bits per heavy atom. The number of likely N-dealkylation sites (tertiary alicyclic amines) is 1. The molecule has 0 aliphatic carbocycles. The lowest BCUT2D eigenvalue weighted by atomic mass is 9.89. The lowest BCUT2D eigenvalue weighted by Gasteiger charge is -2.38. The molecular weight excluding hydrogens is 264 g/mol. The minimum Gasteiger partial charge on any atom is -0.356 e. The van der Waals surface area contributed by atoms with Crippen LogP contribution in [0.4, 0.5) is 4.79 Å². The van der Waals surface area contributed by atoms with Crippen LogP contribution in [-0.2, 0) is 14.4 Å². The molecular formula is C12H18N4O4. The first-order chi connectivity index (χ1) is 9.43. The van der Waals surface area contributed by atoms with E-state index in [0.29, 0.717) is 19.4 Å². The van der Waals surface area contributed by atoms with Gasteiger partial charge in [0.2, 0.25) is 11.8 Å². The van der Waals surface area contributed by atoms with Crippen molar-refractivity contribution >= 4 is 23.8 Å². The van der Waals surface area contributed by atoms with Crippen molar-refractivity contribution in [2.45, 2.75) is 31.7 Å². The molecule has 0 bridgehead atoms. The number of amides is 5. The first-order valence-electron chi connectivity index (χ1n) is 6.59. The number of hydrogen-bond acceptors (Lipinski definition) is 4. The number of piperidine rings is 1. The molecule has 0 radical (unpaired) electrons. The first kappa shape index (κ1) is 14.3. The van der Waals surface area contributed by atoms with E-state index in [1.165, 1.54) is 6.92 Å². The Hall–Kier alpha value is -2.12. The molecule has 2 aliphatic heterocycles. The molecule has 2 fully saturated rings. The van der Waals surface area contributed by atoms with Gasteiger partial charge in [0.15, 0.2) is 0 Å². The van der Waals surface area contributed by atoms with Crippen molar-refractivity contribution in [2.24, 2.45) is 0 Å². The largest absolute Gasteiger partial charge is 0.356 e. The molecule has 5 amide bonds. The molecule has 2 aliphatic rings. The predicted molar refractivity (Wildman–Crippen MR) is 68.5 cm³/mol. The summed E-state index contributed by atoms with van der Waals surface area (Å²) in [6, 6.07) is -0.512. The number of carbonyl (C=O) groups is 4. The normalized spacial score (nSPS) is 25.4. The van der Waals surface area contributed by atoms with Crippen molar-refractivity contribution in [1.29, 1.82) is 0 Å². The Bertz CT molecular complexity index is 464. The topological polar surface area (TPSA) is 108 Å². The first-order valence-corrected chi connectivity index (χ1v) is 6.59. The van der Waals surface area contributed by atoms with Gasteiger partial charge in [-0.1, -0.05) is 0 Å². The molecule has 2 rings (SSSR count). The minimum absolute atomic E-state index is 0.133. The van der Waals surface area contributed by atoms with Gasteiger partial charge in [0.1, 0.15) is 5.54 Å². The van der Waals surface area contributed by atoms with Gasteiger partial charge >= 0.3 is 6.03 Å². The van der Waals surface area contributed by atoms with Crippen LogP contribution >= 0.6 is 0 Å². The summed E-state index contributed by atoms with van der Waals surface area (Å²) in [6.45, 7) is 2.41. The van der Waals surface area contributed by atoms with Gasteiger partial charge in [0.25, 0.3) is 5.91 Å². The lowest BCUT2D eigenvalue weighted by Crippen LogP contribution is -2.59. The van der Waals surface area contributed by atoms with E-state index in [1.807, 2.05) is 0 Å². The fraction of sp³-hybridized carbons (Fsp3) is 0.667. The summed E-state index contributed by atoms with van der Waals surface area (Å²) in [7, 11) is 0. The highest BCUT2D eigenvalue weighted by Gasteiger charge is 2.49. The monoisotopic (exact) mass is 282 g/mol. The molecule has 0 saturated carbocycles. The van der Waals surface area contributed by atoms with E-state index in [2.05, 4.69) is 16.0 Å². The van der Waals surface area contributed by atoms with Gasteiger partial charge in [-0.25, -0.2) is 4.79 Å². The van der Waals surface area contributed by atoms with Crippen LogP contribution in [0.15, 0.2) is 0 Å². The van der Waals surface area contributed by atoms with E-state index in [0.717, 1.165) is 0 Å². The Balaban J connectivity index is 1.93. The van der Waals surface area contributed by atoms with Crippen molar-refractivity contribution in [3.63, 3.8) is 0 Å². The molecule has 2 saturated heterocycles. The van der Waals surface area contributed by atoms with E-state index in [4.69, 9.17) is 0 Å². The maximum Gasteiger partial charge on any atom is 0.322 e. The van der Waals surface area contributed by atoms with Gasteiger partial charge in [0, 0.05) is 26.4 Å². The van der Waals surface area contributed by atoms with Crippen LogP contribution in [-0.4, -0.2) is 53.8 Å². The molecule has 0 aromatic carbocycles. The molecule has 110 valence electrons. The van der Waals surface area contributed by atoms with Crippen LogP contribution in [0.1, 0.15) is 26.2 Å². The molecule has 1 spiro atoms. The van der Waals surface area contributed by atoms with Crippen LogP contribution < -0.4 is 16.0 Å². The van der Waals surface area contributed by atoms with Gasteiger partial charge < -0.3 is 15.5 Å². The van der Waals surface area contributed by atoms with Crippen LogP contribution in [0.5, 0.6) is 0 Å².